The molecule has 1 N–H and O–H groups in total. The second-order valence-electron chi connectivity index (χ2n) is 3.27. The van der Waals surface area contributed by atoms with Crippen LogP contribution in [0.25, 0.3) is 0 Å². The van der Waals surface area contributed by atoms with Gasteiger partial charge in [-0.15, -0.1) is 0 Å². The fraction of sp³-hybridized carbons (Fsp3) is 0.667. The van der Waals surface area contributed by atoms with Gasteiger partial charge in [-0.25, -0.2) is 4.98 Å². The first-order valence-electron chi connectivity index (χ1n) is 4.80. The summed E-state index contributed by atoms with van der Waals surface area (Å²) in [5.41, 5.74) is 0.872. The van der Waals surface area contributed by atoms with E-state index in [1.807, 2.05) is 14.0 Å². The summed E-state index contributed by atoms with van der Waals surface area (Å²) >= 11 is 11.8. The average Bonchev–Trinajstić information content (AvgIpc) is 2.44. The van der Waals surface area contributed by atoms with Crippen LogP contribution in [-0.4, -0.2) is 39.3 Å². The van der Waals surface area contributed by atoms with Gasteiger partial charge < -0.3 is 9.67 Å². The van der Waals surface area contributed by atoms with Gasteiger partial charge in [0.15, 0.2) is 5.15 Å². The molecule has 0 aliphatic carbocycles. The number of likely N-dealkylation sites (N-methyl/N-ethyl adjacent to an activating group) is 1. The number of aliphatic hydroxyl groups excluding tert-OH is 1. The second kappa shape index (κ2) is 5.70. The number of aromatic nitrogens is 2. The van der Waals surface area contributed by atoms with E-state index in [2.05, 4.69) is 9.88 Å². The number of aliphatic hydroxyl groups is 1. The Bertz CT molecular complexity index is 327. The van der Waals surface area contributed by atoms with Crippen molar-refractivity contribution in [2.24, 2.45) is 7.05 Å². The van der Waals surface area contributed by atoms with Crippen LogP contribution in [-0.2, 0) is 13.6 Å². The van der Waals surface area contributed by atoms with Crippen LogP contribution in [0, 0.1) is 0 Å². The van der Waals surface area contributed by atoms with Crippen molar-refractivity contribution in [3.63, 3.8) is 0 Å². The van der Waals surface area contributed by atoms with E-state index in [4.69, 9.17) is 28.3 Å². The van der Waals surface area contributed by atoms with Crippen LogP contribution in [0.3, 0.4) is 0 Å². The van der Waals surface area contributed by atoms with Crippen LogP contribution < -0.4 is 0 Å². The monoisotopic (exact) mass is 251 g/mol. The van der Waals surface area contributed by atoms with E-state index >= 15 is 0 Å². The maximum Gasteiger partial charge on any atom is 0.204 e. The Morgan fingerprint density at radius 3 is 2.53 bits per heavy atom. The van der Waals surface area contributed by atoms with Crippen molar-refractivity contribution in [3.05, 3.63) is 16.1 Å². The molecule has 6 heteroatoms. The van der Waals surface area contributed by atoms with Crippen LogP contribution in [0.4, 0.5) is 0 Å². The molecule has 0 spiro atoms. The van der Waals surface area contributed by atoms with E-state index in [0.717, 1.165) is 12.2 Å². The second-order valence-corrected chi connectivity index (χ2v) is 3.97. The minimum atomic E-state index is 0.136. The molecule has 15 heavy (non-hydrogen) atoms. The zero-order valence-electron chi connectivity index (χ0n) is 8.87. The Kier molecular flexibility index (Phi) is 4.86. The molecule has 0 radical (unpaired) electrons. The molecule has 1 heterocycles. The highest BCUT2D eigenvalue weighted by Gasteiger charge is 2.14. The summed E-state index contributed by atoms with van der Waals surface area (Å²) < 4.78 is 1.75. The van der Waals surface area contributed by atoms with Crippen LogP contribution in [0.2, 0.25) is 10.4 Å². The normalized spacial score (nSPS) is 11.3. The minimum Gasteiger partial charge on any atom is -0.395 e. The van der Waals surface area contributed by atoms with E-state index < -0.39 is 0 Å². The number of hydrogen-bond acceptors (Lipinski definition) is 3. The summed E-state index contributed by atoms with van der Waals surface area (Å²) in [6.45, 7) is 4.28. The van der Waals surface area contributed by atoms with Crippen molar-refractivity contribution in [1.82, 2.24) is 14.5 Å². The summed E-state index contributed by atoms with van der Waals surface area (Å²) in [5.74, 6) is 0. The van der Waals surface area contributed by atoms with Gasteiger partial charge in [0.2, 0.25) is 5.28 Å². The zero-order valence-corrected chi connectivity index (χ0v) is 10.4. The van der Waals surface area contributed by atoms with Crippen molar-refractivity contribution in [1.29, 1.82) is 0 Å². The molecule has 4 nitrogen and oxygen atoms in total. The van der Waals surface area contributed by atoms with Gasteiger partial charge in [0, 0.05) is 20.1 Å². The molecule has 0 atom stereocenters. The Morgan fingerprint density at radius 1 is 1.47 bits per heavy atom. The summed E-state index contributed by atoms with van der Waals surface area (Å²) in [7, 11) is 1.82. The van der Waals surface area contributed by atoms with Gasteiger partial charge in [0.1, 0.15) is 0 Å². The van der Waals surface area contributed by atoms with Gasteiger partial charge >= 0.3 is 0 Å². The fourth-order valence-electron chi connectivity index (χ4n) is 1.34. The van der Waals surface area contributed by atoms with Crippen molar-refractivity contribution in [2.75, 3.05) is 19.7 Å². The Hall–Kier alpha value is -0.290. The van der Waals surface area contributed by atoms with Gasteiger partial charge in [-0.3, -0.25) is 4.90 Å². The van der Waals surface area contributed by atoms with Crippen LogP contribution in [0.5, 0.6) is 0 Å². The lowest BCUT2D eigenvalue weighted by molar-refractivity contribution is 0.194. The van der Waals surface area contributed by atoms with E-state index in [9.17, 15) is 0 Å². The summed E-state index contributed by atoms with van der Waals surface area (Å²) in [4.78, 5) is 6.03. The summed E-state index contributed by atoms with van der Waals surface area (Å²) in [5, 5.41) is 9.68. The topological polar surface area (TPSA) is 41.3 Å². The smallest absolute Gasteiger partial charge is 0.204 e. The molecule has 0 aromatic carbocycles. The van der Waals surface area contributed by atoms with Gasteiger partial charge in [0.25, 0.3) is 0 Å². The third-order valence-electron chi connectivity index (χ3n) is 2.35. The molecule has 0 bridgehead atoms. The number of halogens is 2. The van der Waals surface area contributed by atoms with Gasteiger partial charge in [0.05, 0.1) is 12.3 Å². The van der Waals surface area contributed by atoms with Crippen molar-refractivity contribution < 1.29 is 5.11 Å². The molecule has 0 fully saturated rings. The highest BCUT2D eigenvalue weighted by Crippen LogP contribution is 2.20. The Morgan fingerprint density at radius 2 is 2.13 bits per heavy atom. The largest absolute Gasteiger partial charge is 0.395 e. The Balaban J connectivity index is 2.78. The lowest BCUT2D eigenvalue weighted by Crippen LogP contribution is -2.27. The van der Waals surface area contributed by atoms with E-state index in [1.54, 1.807) is 4.57 Å². The standard InChI is InChI=1S/C9H15Cl2N3O/c1-3-14(4-5-15)6-7-8(10)12-9(11)13(7)2/h15H,3-6H2,1-2H3. The first-order chi connectivity index (χ1) is 7.10. The molecule has 0 aliphatic heterocycles. The maximum atomic E-state index is 8.87. The van der Waals surface area contributed by atoms with Crippen molar-refractivity contribution in [3.8, 4) is 0 Å². The predicted molar refractivity (Wildman–Crippen MR) is 61.3 cm³/mol. The fourth-order valence-corrected chi connectivity index (χ4v) is 1.84. The van der Waals surface area contributed by atoms with E-state index in [1.165, 1.54) is 0 Å². The first-order valence-corrected chi connectivity index (χ1v) is 5.55. The zero-order chi connectivity index (χ0) is 11.4. The molecule has 86 valence electrons. The highest BCUT2D eigenvalue weighted by molar-refractivity contribution is 6.32. The van der Waals surface area contributed by atoms with E-state index in [0.29, 0.717) is 23.5 Å². The van der Waals surface area contributed by atoms with Crippen molar-refractivity contribution in [2.45, 2.75) is 13.5 Å². The highest BCUT2D eigenvalue weighted by atomic mass is 35.5. The molecule has 1 aromatic rings. The molecule has 0 aliphatic rings. The maximum absolute atomic E-state index is 8.87. The van der Waals surface area contributed by atoms with Crippen molar-refractivity contribution >= 4 is 23.2 Å². The number of rotatable bonds is 5. The molecule has 0 saturated heterocycles. The molecular formula is C9H15Cl2N3O. The SMILES string of the molecule is CCN(CCO)Cc1c(Cl)nc(Cl)n1C. The number of hydrogen-bond donors (Lipinski definition) is 1. The van der Waals surface area contributed by atoms with E-state index in [-0.39, 0.29) is 6.61 Å². The van der Waals surface area contributed by atoms with Gasteiger partial charge in [-0.1, -0.05) is 18.5 Å². The molecule has 0 saturated carbocycles. The molecule has 0 unspecified atom stereocenters. The molecule has 1 rings (SSSR count). The third-order valence-corrected chi connectivity index (χ3v) is 2.99. The quantitative estimate of drug-likeness (QED) is 0.864. The number of imidazole rings is 1. The minimum absolute atomic E-state index is 0.136. The Labute approximate surface area is 99.4 Å². The summed E-state index contributed by atoms with van der Waals surface area (Å²) in [6, 6.07) is 0. The average molecular weight is 252 g/mol. The van der Waals surface area contributed by atoms with Gasteiger partial charge in [-0.05, 0) is 18.1 Å². The lowest BCUT2D eigenvalue weighted by Gasteiger charge is -2.19. The van der Waals surface area contributed by atoms with Crippen LogP contribution >= 0.6 is 23.2 Å². The number of nitrogens with zero attached hydrogens (tertiary/aromatic N) is 3. The van der Waals surface area contributed by atoms with Crippen LogP contribution in [0.15, 0.2) is 0 Å². The third kappa shape index (κ3) is 3.08. The first kappa shape index (κ1) is 12.8. The molecular weight excluding hydrogens is 237 g/mol. The molecule has 0 amide bonds. The lowest BCUT2D eigenvalue weighted by atomic mass is 10.4. The predicted octanol–water partition coefficient (Wildman–Crippen LogP) is 1.54. The van der Waals surface area contributed by atoms with Crippen LogP contribution in [0.1, 0.15) is 12.6 Å². The summed E-state index contributed by atoms with van der Waals surface area (Å²) in [6.07, 6.45) is 0. The van der Waals surface area contributed by atoms with Gasteiger partial charge in [-0.2, -0.15) is 0 Å². The molecule has 1 aromatic heterocycles.